The van der Waals surface area contributed by atoms with Gasteiger partial charge in [0, 0.05) is 33.9 Å². The van der Waals surface area contributed by atoms with Crippen molar-refractivity contribution in [2.75, 3.05) is 4.90 Å². The summed E-state index contributed by atoms with van der Waals surface area (Å²) in [7, 11) is 0. The van der Waals surface area contributed by atoms with Crippen LogP contribution in [-0.2, 0) is 16.1 Å². The van der Waals surface area contributed by atoms with E-state index in [-0.39, 0.29) is 12.5 Å². The zero-order valence-electron chi connectivity index (χ0n) is 16.0. The molecule has 0 saturated heterocycles. The number of hydrogen-bond acceptors (Lipinski definition) is 2. The number of aliphatic carboxylic acids is 1. The number of benzene rings is 3. The predicted octanol–water partition coefficient (Wildman–Crippen LogP) is 4.94. The van der Waals surface area contributed by atoms with Gasteiger partial charge in [0.2, 0.25) is 0 Å². The van der Waals surface area contributed by atoms with Crippen molar-refractivity contribution in [3.63, 3.8) is 0 Å². The summed E-state index contributed by atoms with van der Waals surface area (Å²) in [6.07, 6.45) is 3.66. The molecule has 3 aromatic carbocycles. The van der Waals surface area contributed by atoms with E-state index in [1.54, 1.807) is 15.7 Å². The van der Waals surface area contributed by atoms with E-state index in [9.17, 15) is 14.7 Å². The second-order valence-corrected chi connectivity index (χ2v) is 7.17. The molecule has 5 nitrogen and oxygen atoms in total. The quantitative estimate of drug-likeness (QED) is 0.499. The number of anilines is 2. The Morgan fingerprint density at radius 2 is 1.60 bits per heavy atom. The number of rotatable bonds is 4. The third-order valence-corrected chi connectivity index (χ3v) is 5.31. The molecule has 1 N–H and O–H groups in total. The molecule has 0 atom stereocenters. The molecule has 0 radical (unpaired) electrons. The summed E-state index contributed by atoms with van der Waals surface area (Å²) < 4.78 is 1.70. The van der Waals surface area contributed by atoms with Gasteiger partial charge in [0.25, 0.3) is 5.91 Å². The fourth-order valence-electron chi connectivity index (χ4n) is 4.04. The first-order chi connectivity index (χ1) is 14.6. The molecule has 0 bridgehead atoms. The Balaban J connectivity index is 1.68. The number of amides is 1. The molecule has 0 saturated carbocycles. The van der Waals surface area contributed by atoms with Gasteiger partial charge in [-0.3, -0.25) is 14.5 Å². The van der Waals surface area contributed by atoms with E-state index in [2.05, 4.69) is 0 Å². The molecule has 0 fully saturated rings. The highest BCUT2D eigenvalue weighted by Crippen LogP contribution is 2.42. The van der Waals surface area contributed by atoms with Crippen molar-refractivity contribution in [2.45, 2.75) is 6.54 Å². The van der Waals surface area contributed by atoms with Crippen molar-refractivity contribution >= 4 is 45.8 Å². The minimum absolute atomic E-state index is 0.0996. The maximum absolute atomic E-state index is 13.4. The van der Waals surface area contributed by atoms with Gasteiger partial charge in [-0.05, 0) is 30.3 Å². The van der Waals surface area contributed by atoms with Crippen LogP contribution in [0.4, 0.5) is 11.4 Å². The second-order valence-electron chi connectivity index (χ2n) is 7.17. The molecule has 5 heteroatoms. The summed E-state index contributed by atoms with van der Waals surface area (Å²) in [4.78, 5) is 26.4. The fraction of sp³-hybridized carbons (Fsp3) is 0.0400. The first-order valence-corrected chi connectivity index (χ1v) is 9.64. The van der Waals surface area contributed by atoms with Crippen LogP contribution in [-0.4, -0.2) is 21.6 Å². The van der Waals surface area contributed by atoms with Gasteiger partial charge in [-0.15, -0.1) is 0 Å². The van der Waals surface area contributed by atoms with Gasteiger partial charge in [-0.1, -0.05) is 54.6 Å². The van der Waals surface area contributed by atoms with E-state index in [4.69, 9.17) is 0 Å². The third kappa shape index (κ3) is 2.88. The Kier molecular flexibility index (Phi) is 4.21. The molecular weight excluding hydrogens is 376 g/mol. The average molecular weight is 394 g/mol. The summed E-state index contributed by atoms with van der Waals surface area (Å²) in [6, 6.07) is 24.9. The monoisotopic (exact) mass is 394 g/mol. The van der Waals surface area contributed by atoms with Crippen LogP contribution >= 0.6 is 0 Å². The molecule has 1 aliphatic heterocycles. The number of fused-ring (bicyclic) bond motifs is 2. The molecule has 0 unspecified atom stereocenters. The number of carbonyl (C=O) groups is 2. The fourth-order valence-corrected chi connectivity index (χ4v) is 4.04. The number of carbonyl (C=O) groups excluding carboxylic acids is 1. The van der Waals surface area contributed by atoms with E-state index in [0.29, 0.717) is 5.57 Å². The number of carboxylic acids is 1. The van der Waals surface area contributed by atoms with Crippen molar-refractivity contribution in [2.24, 2.45) is 0 Å². The first-order valence-electron chi connectivity index (χ1n) is 9.64. The number of aromatic nitrogens is 1. The summed E-state index contributed by atoms with van der Waals surface area (Å²) in [6.45, 7) is -0.135. The Hall–Kier alpha value is -4.12. The van der Waals surface area contributed by atoms with Crippen LogP contribution < -0.4 is 4.90 Å². The number of para-hydroxylation sites is 3. The molecule has 1 aromatic heterocycles. The molecule has 1 aliphatic rings. The topological polar surface area (TPSA) is 62.5 Å². The summed E-state index contributed by atoms with van der Waals surface area (Å²) in [5.41, 5.74) is 4.75. The average Bonchev–Trinajstić information content (AvgIpc) is 3.24. The lowest BCUT2D eigenvalue weighted by molar-refractivity contribution is -0.137. The Morgan fingerprint density at radius 1 is 0.900 bits per heavy atom. The second kappa shape index (κ2) is 7.04. The molecule has 2 heterocycles. The predicted molar refractivity (Wildman–Crippen MR) is 117 cm³/mol. The summed E-state index contributed by atoms with van der Waals surface area (Å²) >= 11 is 0. The van der Waals surface area contributed by atoms with Crippen molar-refractivity contribution in [1.82, 2.24) is 4.57 Å². The van der Waals surface area contributed by atoms with Gasteiger partial charge in [0.05, 0.1) is 11.3 Å². The Labute approximate surface area is 173 Å². The third-order valence-electron chi connectivity index (χ3n) is 5.31. The SMILES string of the molecule is O=C(O)Cn1cc(C=C2C(=O)N(c3ccccc3)c3ccccc32)c2ccccc21. The standard InChI is InChI=1S/C25H18N2O3/c28-24(29)16-26-15-17(19-10-4-6-12-22(19)26)14-21-20-11-5-7-13-23(20)27(25(21)30)18-8-2-1-3-9-18/h1-15H,16H2,(H,28,29). The lowest BCUT2D eigenvalue weighted by Gasteiger charge is -2.16. The largest absolute Gasteiger partial charge is 0.480 e. The smallest absolute Gasteiger partial charge is 0.323 e. The minimum atomic E-state index is -0.910. The van der Waals surface area contributed by atoms with Crippen LogP contribution in [0.5, 0.6) is 0 Å². The van der Waals surface area contributed by atoms with Crippen LogP contribution in [0.3, 0.4) is 0 Å². The van der Waals surface area contributed by atoms with Gasteiger partial charge in [0.1, 0.15) is 6.54 Å². The van der Waals surface area contributed by atoms with Gasteiger partial charge < -0.3 is 9.67 Å². The molecule has 1 amide bonds. The molecule has 0 aliphatic carbocycles. The van der Waals surface area contributed by atoms with Crippen LogP contribution in [0.25, 0.3) is 22.6 Å². The van der Waals surface area contributed by atoms with E-state index < -0.39 is 5.97 Å². The molecular formula is C25H18N2O3. The Morgan fingerprint density at radius 3 is 2.40 bits per heavy atom. The van der Waals surface area contributed by atoms with Crippen molar-refractivity contribution < 1.29 is 14.7 Å². The van der Waals surface area contributed by atoms with Crippen molar-refractivity contribution in [1.29, 1.82) is 0 Å². The summed E-state index contributed by atoms with van der Waals surface area (Å²) in [5.74, 6) is -1.01. The highest BCUT2D eigenvalue weighted by Gasteiger charge is 2.33. The van der Waals surface area contributed by atoms with Gasteiger partial charge >= 0.3 is 5.97 Å². The van der Waals surface area contributed by atoms with Crippen LogP contribution in [0.1, 0.15) is 11.1 Å². The number of hydrogen-bond donors (Lipinski definition) is 1. The number of carboxylic acid groups (broad SMARTS) is 1. The molecule has 4 aromatic rings. The zero-order chi connectivity index (χ0) is 20.7. The Bertz CT molecular complexity index is 1320. The lowest BCUT2D eigenvalue weighted by Crippen LogP contribution is -2.20. The van der Waals surface area contributed by atoms with Gasteiger partial charge in [-0.2, -0.15) is 0 Å². The maximum Gasteiger partial charge on any atom is 0.323 e. The molecule has 30 heavy (non-hydrogen) atoms. The number of nitrogens with zero attached hydrogens (tertiary/aromatic N) is 2. The maximum atomic E-state index is 13.4. The van der Waals surface area contributed by atoms with E-state index in [1.807, 2.05) is 84.9 Å². The van der Waals surface area contributed by atoms with E-state index >= 15 is 0 Å². The molecule has 0 spiro atoms. The highest BCUT2D eigenvalue weighted by molar-refractivity contribution is 6.38. The minimum Gasteiger partial charge on any atom is -0.480 e. The molecule has 5 rings (SSSR count). The lowest BCUT2D eigenvalue weighted by atomic mass is 10.0. The van der Waals surface area contributed by atoms with Crippen LogP contribution in [0, 0.1) is 0 Å². The van der Waals surface area contributed by atoms with Gasteiger partial charge in [-0.25, -0.2) is 0 Å². The van der Waals surface area contributed by atoms with E-state index in [1.165, 1.54) is 0 Å². The van der Waals surface area contributed by atoms with Crippen molar-refractivity contribution in [3.8, 4) is 0 Å². The van der Waals surface area contributed by atoms with Crippen molar-refractivity contribution in [3.05, 3.63) is 96.2 Å². The van der Waals surface area contributed by atoms with Crippen LogP contribution in [0.15, 0.2) is 85.1 Å². The normalized spacial score (nSPS) is 14.5. The first kappa shape index (κ1) is 17.9. The highest BCUT2D eigenvalue weighted by atomic mass is 16.4. The zero-order valence-corrected chi connectivity index (χ0v) is 16.0. The summed E-state index contributed by atoms with van der Waals surface area (Å²) in [5, 5.41) is 10.2. The molecule has 146 valence electrons. The van der Waals surface area contributed by atoms with Gasteiger partial charge in [0.15, 0.2) is 0 Å². The van der Waals surface area contributed by atoms with E-state index in [0.717, 1.165) is 33.4 Å². The van der Waals surface area contributed by atoms with Crippen LogP contribution in [0.2, 0.25) is 0 Å².